The second kappa shape index (κ2) is 6.47. The predicted molar refractivity (Wildman–Crippen MR) is 53.4 cm³/mol. The van der Waals surface area contributed by atoms with Crippen LogP contribution < -0.4 is 0 Å². The second-order valence-electron chi connectivity index (χ2n) is 3.30. The molecule has 0 radical (unpaired) electrons. The Bertz CT molecular complexity index is 183. The van der Waals surface area contributed by atoms with Crippen LogP contribution in [0.25, 0.3) is 0 Å². The van der Waals surface area contributed by atoms with Crippen LogP contribution in [0.2, 0.25) is 0 Å². The minimum absolute atomic E-state index is 0.266. The quantitative estimate of drug-likeness (QED) is 0.582. The number of hydrogen-bond acceptors (Lipinski definition) is 5. The summed E-state index contributed by atoms with van der Waals surface area (Å²) in [5, 5.41) is 0. The smallest absolute Gasteiger partial charge is 0.0842 e. The van der Waals surface area contributed by atoms with Crippen LogP contribution in [0, 0.1) is 0 Å². The highest BCUT2D eigenvalue weighted by atomic mass is 32.2. The van der Waals surface area contributed by atoms with Crippen molar-refractivity contribution in [2.45, 2.75) is 6.92 Å². The van der Waals surface area contributed by atoms with E-state index in [9.17, 15) is 8.76 Å². The number of likely N-dealkylation sites (N-methyl/N-ethyl adjacent to an activating group) is 1. The number of piperazine rings is 1. The van der Waals surface area contributed by atoms with E-state index in [0.29, 0.717) is 6.54 Å². The summed E-state index contributed by atoms with van der Waals surface area (Å²) in [6.07, 6.45) is 0. The molecule has 0 saturated carbocycles. The summed E-state index contributed by atoms with van der Waals surface area (Å²) in [6.45, 7) is 8.35. The van der Waals surface area contributed by atoms with E-state index >= 15 is 0 Å². The Labute approximate surface area is 87.5 Å². The molecule has 0 spiro atoms. The zero-order chi connectivity index (χ0) is 10.4. The SMILES string of the molecule is CCN1CCN(CCOS(=O)[O-])CC1. The molecule has 0 aromatic carbocycles. The van der Waals surface area contributed by atoms with Gasteiger partial charge in [-0.1, -0.05) is 6.92 Å². The monoisotopic (exact) mass is 221 g/mol. The molecule has 6 heteroatoms. The molecule has 0 aliphatic carbocycles. The summed E-state index contributed by atoms with van der Waals surface area (Å²) in [4.78, 5) is 4.60. The first-order chi connectivity index (χ1) is 6.72. The van der Waals surface area contributed by atoms with E-state index in [2.05, 4.69) is 20.9 Å². The van der Waals surface area contributed by atoms with Gasteiger partial charge in [-0.05, 0) is 6.54 Å². The molecule has 0 bridgehead atoms. The van der Waals surface area contributed by atoms with Gasteiger partial charge < -0.3 is 9.45 Å². The summed E-state index contributed by atoms with van der Waals surface area (Å²) >= 11 is -2.37. The lowest BCUT2D eigenvalue weighted by Gasteiger charge is -2.33. The van der Waals surface area contributed by atoms with Crippen LogP contribution in [-0.4, -0.2) is 64.4 Å². The van der Waals surface area contributed by atoms with Crippen LogP contribution in [0.4, 0.5) is 0 Å². The van der Waals surface area contributed by atoms with Crippen molar-refractivity contribution in [3.05, 3.63) is 0 Å². The molecule has 1 heterocycles. The van der Waals surface area contributed by atoms with Gasteiger partial charge in [-0.25, -0.2) is 4.21 Å². The van der Waals surface area contributed by atoms with Gasteiger partial charge in [0, 0.05) is 32.7 Å². The van der Waals surface area contributed by atoms with Gasteiger partial charge in [-0.3, -0.25) is 9.08 Å². The van der Waals surface area contributed by atoms with E-state index in [1.807, 2.05) is 0 Å². The third kappa shape index (κ3) is 4.47. The van der Waals surface area contributed by atoms with Gasteiger partial charge in [0.2, 0.25) is 0 Å². The van der Waals surface area contributed by atoms with Gasteiger partial charge in [0.05, 0.1) is 18.0 Å². The molecule has 0 N–H and O–H groups in total. The standard InChI is InChI=1S/C8H18N2O3S/c1-2-9-3-5-10(6-4-9)7-8-13-14(11)12/h2-8H2,1H3,(H,11,12)/p-1. The lowest BCUT2D eigenvalue weighted by atomic mass is 10.3. The number of rotatable bonds is 5. The van der Waals surface area contributed by atoms with Gasteiger partial charge in [0.25, 0.3) is 0 Å². The third-order valence-electron chi connectivity index (χ3n) is 2.50. The van der Waals surface area contributed by atoms with E-state index in [1.165, 1.54) is 0 Å². The molecule has 5 nitrogen and oxygen atoms in total. The molecule has 1 fully saturated rings. The van der Waals surface area contributed by atoms with Gasteiger partial charge in [0.15, 0.2) is 0 Å². The highest BCUT2D eigenvalue weighted by Gasteiger charge is 2.14. The molecule has 1 aliphatic rings. The Kier molecular flexibility index (Phi) is 5.57. The molecule has 0 amide bonds. The van der Waals surface area contributed by atoms with Crippen LogP contribution in [0.1, 0.15) is 6.92 Å². The highest BCUT2D eigenvalue weighted by molar-refractivity contribution is 7.74. The molecular formula is C8H17N2O3S-. The Morgan fingerprint density at radius 2 is 1.86 bits per heavy atom. The highest BCUT2D eigenvalue weighted by Crippen LogP contribution is 2.00. The lowest BCUT2D eigenvalue weighted by molar-refractivity contribution is 0.121. The van der Waals surface area contributed by atoms with Gasteiger partial charge >= 0.3 is 0 Å². The van der Waals surface area contributed by atoms with Crippen molar-refractivity contribution in [3.63, 3.8) is 0 Å². The van der Waals surface area contributed by atoms with E-state index < -0.39 is 11.4 Å². The molecule has 84 valence electrons. The molecule has 1 aliphatic heterocycles. The molecule has 1 unspecified atom stereocenters. The minimum Gasteiger partial charge on any atom is -0.750 e. The fourth-order valence-electron chi connectivity index (χ4n) is 1.56. The molecule has 0 aromatic rings. The molecule has 1 saturated heterocycles. The van der Waals surface area contributed by atoms with Crippen molar-refractivity contribution in [1.29, 1.82) is 0 Å². The van der Waals surface area contributed by atoms with Crippen LogP contribution in [0.15, 0.2) is 0 Å². The minimum atomic E-state index is -2.37. The van der Waals surface area contributed by atoms with E-state index in [1.54, 1.807) is 0 Å². The van der Waals surface area contributed by atoms with Crippen LogP contribution in [0.5, 0.6) is 0 Å². The zero-order valence-electron chi connectivity index (χ0n) is 8.48. The first-order valence-electron chi connectivity index (χ1n) is 4.89. The number of nitrogens with zero attached hydrogens (tertiary/aromatic N) is 2. The summed E-state index contributed by atoms with van der Waals surface area (Å²) in [5.74, 6) is 0. The van der Waals surface area contributed by atoms with Gasteiger partial charge in [-0.2, -0.15) is 0 Å². The largest absolute Gasteiger partial charge is 0.750 e. The maximum atomic E-state index is 10.1. The maximum absolute atomic E-state index is 10.1. The van der Waals surface area contributed by atoms with Crippen molar-refractivity contribution in [2.24, 2.45) is 0 Å². The van der Waals surface area contributed by atoms with Crippen LogP contribution in [-0.2, 0) is 15.5 Å². The Hall–Kier alpha value is -0.0100. The Morgan fingerprint density at radius 3 is 2.36 bits per heavy atom. The average Bonchev–Trinajstić information content (AvgIpc) is 2.18. The topological polar surface area (TPSA) is 55.8 Å². The molecular weight excluding hydrogens is 204 g/mol. The van der Waals surface area contributed by atoms with Crippen molar-refractivity contribution in [1.82, 2.24) is 9.80 Å². The maximum Gasteiger partial charge on any atom is 0.0842 e. The summed E-state index contributed by atoms with van der Waals surface area (Å²) < 4.78 is 24.6. The third-order valence-corrected chi connectivity index (χ3v) is 2.86. The van der Waals surface area contributed by atoms with Crippen LogP contribution in [0.3, 0.4) is 0 Å². The first-order valence-corrected chi connectivity index (χ1v) is 5.89. The average molecular weight is 221 g/mol. The Balaban J connectivity index is 2.07. The lowest BCUT2D eigenvalue weighted by Crippen LogP contribution is -2.47. The van der Waals surface area contributed by atoms with Crippen molar-refractivity contribution >= 4 is 11.4 Å². The fourth-order valence-corrected chi connectivity index (χ4v) is 1.77. The van der Waals surface area contributed by atoms with Crippen molar-refractivity contribution in [2.75, 3.05) is 45.9 Å². The molecule has 1 atom stereocenters. The van der Waals surface area contributed by atoms with E-state index in [-0.39, 0.29) is 6.61 Å². The van der Waals surface area contributed by atoms with Crippen LogP contribution >= 0.6 is 0 Å². The molecule has 1 rings (SSSR count). The van der Waals surface area contributed by atoms with Crippen molar-refractivity contribution < 1.29 is 12.9 Å². The summed E-state index contributed by atoms with van der Waals surface area (Å²) in [6, 6.07) is 0. The summed E-state index contributed by atoms with van der Waals surface area (Å²) in [5.41, 5.74) is 0. The summed E-state index contributed by atoms with van der Waals surface area (Å²) in [7, 11) is 0. The van der Waals surface area contributed by atoms with E-state index in [0.717, 1.165) is 32.7 Å². The molecule has 14 heavy (non-hydrogen) atoms. The van der Waals surface area contributed by atoms with Gasteiger partial charge in [0.1, 0.15) is 0 Å². The normalized spacial score (nSPS) is 22.4. The Morgan fingerprint density at radius 1 is 1.29 bits per heavy atom. The predicted octanol–water partition coefficient (Wildman–Crippen LogP) is -0.565. The number of hydrogen-bond donors (Lipinski definition) is 0. The van der Waals surface area contributed by atoms with Crippen molar-refractivity contribution in [3.8, 4) is 0 Å². The van der Waals surface area contributed by atoms with Gasteiger partial charge in [-0.15, -0.1) is 0 Å². The fraction of sp³-hybridized carbons (Fsp3) is 1.00. The zero-order valence-corrected chi connectivity index (χ0v) is 9.29. The van der Waals surface area contributed by atoms with E-state index in [4.69, 9.17) is 0 Å². The molecule has 0 aromatic heterocycles. The first kappa shape index (κ1) is 12.1. The second-order valence-corrected chi connectivity index (χ2v) is 3.95.